The highest BCUT2D eigenvalue weighted by Gasteiger charge is 2.22. The van der Waals surface area contributed by atoms with Crippen LogP contribution in [0.25, 0.3) is 0 Å². The molecule has 1 aliphatic heterocycles. The lowest BCUT2D eigenvalue weighted by atomic mass is 9.91. The minimum absolute atomic E-state index is 0.158. The molecule has 1 unspecified atom stereocenters. The predicted octanol–water partition coefficient (Wildman–Crippen LogP) is 4.39. The summed E-state index contributed by atoms with van der Waals surface area (Å²) in [6, 6.07) is 13.1. The Bertz CT molecular complexity index is 654. The molecule has 3 heteroatoms. The molecule has 2 nitrogen and oxygen atoms in total. The zero-order valence-electron chi connectivity index (χ0n) is 12.4. The first-order valence-electron chi connectivity index (χ1n) is 7.38. The molecule has 3 rings (SSSR count). The average molecular weight is 346 g/mol. The van der Waals surface area contributed by atoms with Crippen LogP contribution in [0, 0.1) is 6.92 Å². The molecule has 0 saturated carbocycles. The Hall–Kier alpha value is -1.32. The quantitative estimate of drug-likeness (QED) is 0.890. The Labute approximate surface area is 134 Å². The number of hydrogen-bond acceptors (Lipinski definition) is 2. The molecule has 1 atom stereocenters. The van der Waals surface area contributed by atoms with E-state index in [2.05, 4.69) is 64.6 Å². The smallest absolute Gasteiger partial charge is 0.127 e. The first kappa shape index (κ1) is 14.6. The Kier molecular flexibility index (Phi) is 4.32. The summed E-state index contributed by atoms with van der Waals surface area (Å²) in [5.74, 6) is 1.07. The van der Waals surface area contributed by atoms with Crippen LogP contribution in [-0.4, -0.2) is 13.7 Å². The summed E-state index contributed by atoms with van der Waals surface area (Å²) < 4.78 is 7.09. The molecule has 1 N–H and O–H groups in total. The SMILES string of the molecule is CNC(c1ccc(Br)cc1C)c1cccc2c1OCCC2. The lowest BCUT2D eigenvalue weighted by Crippen LogP contribution is -2.21. The van der Waals surface area contributed by atoms with Crippen LogP contribution < -0.4 is 10.1 Å². The molecule has 0 saturated heterocycles. The van der Waals surface area contributed by atoms with E-state index in [-0.39, 0.29) is 6.04 Å². The van der Waals surface area contributed by atoms with Gasteiger partial charge in [-0.3, -0.25) is 0 Å². The van der Waals surface area contributed by atoms with Crippen molar-refractivity contribution in [2.45, 2.75) is 25.8 Å². The Morgan fingerprint density at radius 1 is 1.19 bits per heavy atom. The predicted molar refractivity (Wildman–Crippen MR) is 90.0 cm³/mol. The molecule has 110 valence electrons. The molecule has 0 aromatic heterocycles. The van der Waals surface area contributed by atoms with E-state index in [0.717, 1.165) is 29.7 Å². The number of ether oxygens (including phenoxy) is 1. The third-order valence-electron chi connectivity index (χ3n) is 4.11. The number of para-hydroxylation sites is 1. The van der Waals surface area contributed by atoms with Crippen molar-refractivity contribution in [2.75, 3.05) is 13.7 Å². The summed E-state index contributed by atoms with van der Waals surface area (Å²) in [5, 5.41) is 3.45. The van der Waals surface area contributed by atoms with E-state index >= 15 is 0 Å². The Balaban J connectivity index is 2.08. The van der Waals surface area contributed by atoms with Crippen LogP contribution in [-0.2, 0) is 6.42 Å². The molecular formula is C18H20BrNO. The fourth-order valence-corrected chi connectivity index (χ4v) is 3.56. The van der Waals surface area contributed by atoms with Gasteiger partial charge in [0.1, 0.15) is 5.75 Å². The van der Waals surface area contributed by atoms with Crippen molar-refractivity contribution >= 4 is 15.9 Å². The maximum absolute atomic E-state index is 5.97. The topological polar surface area (TPSA) is 21.3 Å². The molecule has 2 aromatic rings. The second-order valence-electron chi connectivity index (χ2n) is 5.51. The maximum Gasteiger partial charge on any atom is 0.127 e. The summed E-state index contributed by atoms with van der Waals surface area (Å²) in [4.78, 5) is 0. The van der Waals surface area contributed by atoms with Crippen LogP contribution in [0.15, 0.2) is 40.9 Å². The summed E-state index contributed by atoms with van der Waals surface area (Å²) in [5.41, 5.74) is 5.13. The van der Waals surface area contributed by atoms with Crippen molar-refractivity contribution in [3.63, 3.8) is 0 Å². The standard InChI is InChI=1S/C18H20BrNO/c1-12-11-14(19)8-9-15(12)17(20-2)16-7-3-5-13-6-4-10-21-18(13)16/h3,5,7-9,11,17,20H,4,6,10H2,1-2H3. The first-order chi connectivity index (χ1) is 10.2. The molecule has 0 amide bonds. The summed E-state index contributed by atoms with van der Waals surface area (Å²) in [6.07, 6.45) is 2.22. The molecule has 0 fully saturated rings. The number of halogens is 1. The van der Waals surface area contributed by atoms with Crippen LogP contribution in [0.1, 0.15) is 34.7 Å². The Morgan fingerprint density at radius 2 is 2.05 bits per heavy atom. The molecule has 2 aromatic carbocycles. The average Bonchev–Trinajstić information content (AvgIpc) is 2.50. The second kappa shape index (κ2) is 6.20. The second-order valence-corrected chi connectivity index (χ2v) is 6.43. The molecule has 0 bridgehead atoms. The van der Waals surface area contributed by atoms with Gasteiger partial charge in [0.25, 0.3) is 0 Å². The molecule has 1 heterocycles. The number of fused-ring (bicyclic) bond motifs is 1. The highest BCUT2D eigenvalue weighted by molar-refractivity contribution is 9.10. The van der Waals surface area contributed by atoms with Gasteiger partial charge in [0.2, 0.25) is 0 Å². The molecule has 21 heavy (non-hydrogen) atoms. The van der Waals surface area contributed by atoms with Crippen molar-refractivity contribution in [2.24, 2.45) is 0 Å². The Morgan fingerprint density at radius 3 is 2.81 bits per heavy atom. The van der Waals surface area contributed by atoms with Crippen LogP contribution in [0.4, 0.5) is 0 Å². The van der Waals surface area contributed by atoms with Crippen molar-refractivity contribution in [3.8, 4) is 5.75 Å². The third-order valence-corrected chi connectivity index (χ3v) is 4.60. The van der Waals surface area contributed by atoms with Crippen LogP contribution in [0.5, 0.6) is 5.75 Å². The van der Waals surface area contributed by atoms with E-state index < -0.39 is 0 Å². The van der Waals surface area contributed by atoms with Gasteiger partial charge in [-0.05, 0) is 55.6 Å². The van der Waals surface area contributed by atoms with E-state index in [4.69, 9.17) is 4.74 Å². The lowest BCUT2D eigenvalue weighted by molar-refractivity contribution is 0.283. The molecule has 0 radical (unpaired) electrons. The van der Waals surface area contributed by atoms with Crippen molar-refractivity contribution in [3.05, 3.63) is 63.1 Å². The zero-order chi connectivity index (χ0) is 14.8. The molecule has 1 aliphatic rings. The summed E-state index contributed by atoms with van der Waals surface area (Å²) >= 11 is 3.54. The fraction of sp³-hybridized carbons (Fsp3) is 0.333. The van der Waals surface area contributed by atoms with Gasteiger partial charge in [-0.25, -0.2) is 0 Å². The number of hydrogen-bond donors (Lipinski definition) is 1. The normalized spacial score (nSPS) is 15.2. The number of rotatable bonds is 3. The van der Waals surface area contributed by atoms with E-state index in [1.54, 1.807) is 0 Å². The first-order valence-corrected chi connectivity index (χ1v) is 8.18. The fourth-order valence-electron chi connectivity index (χ4n) is 3.08. The van der Waals surface area contributed by atoms with Crippen LogP contribution in [0.3, 0.4) is 0 Å². The summed E-state index contributed by atoms with van der Waals surface area (Å²) in [6.45, 7) is 2.97. The van der Waals surface area contributed by atoms with Crippen LogP contribution >= 0.6 is 15.9 Å². The monoisotopic (exact) mass is 345 g/mol. The van der Waals surface area contributed by atoms with Gasteiger partial charge >= 0.3 is 0 Å². The lowest BCUT2D eigenvalue weighted by Gasteiger charge is -2.26. The third kappa shape index (κ3) is 2.85. The number of aryl methyl sites for hydroxylation is 2. The maximum atomic E-state index is 5.97. The largest absolute Gasteiger partial charge is 0.493 e. The van der Waals surface area contributed by atoms with E-state index in [1.807, 2.05) is 7.05 Å². The minimum Gasteiger partial charge on any atom is -0.493 e. The van der Waals surface area contributed by atoms with E-state index in [9.17, 15) is 0 Å². The van der Waals surface area contributed by atoms with Gasteiger partial charge < -0.3 is 10.1 Å². The van der Waals surface area contributed by atoms with Crippen molar-refractivity contribution in [1.82, 2.24) is 5.32 Å². The van der Waals surface area contributed by atoms with Gasteiger partial charge in [-0.1, -0.05) is 40.2 Å². The van der Waals surface area contributed by atoms with E-state index in [1.165, 1.54) is 22.3 Å². The van der Waals surface area contributed by atoms with Crippen molar-refractivity contribution in [1.29, 1.82) is 0 Å². The van der Waals surface area contributed by atoms with Gasteiger partial charge in [-0.2, -0.15) is 0 Å². The molecule has 0 spiro atoms. The number of nitrogens with one attached hydrogen (secondary N) is 1. The summed E-state index contributed by atoms with van der Waals surface area (Å²) in [7, 11) is 2.01. The van der Waals surface area contributed by atoms with E-state index in [0.29, 0.717) is 0 Å². The zero-order valence-corrected chi connectivity index (χ0v) is 14.0. The van der Waals surface area contributed by atoms with Gasteiger partial charge in [0, 0.05) is 10.0 Å². The minimum atomic E-state index is 0.158. The highest BCUT2D eigenvalue weighted by Crippen LogP contribution is 2.36. The van der Waals surface area contributed by atoms with Gasteiger partial charge in [0.15, 0.2) is 0 Å². The van der Waals surface area contributed by atoms with Crippen molar-refractivity contribution < 1.29 is 4.74 Å². The van der Waals surface area contributed by atoms with Gasteiger partial charge in [-0.15, -0.1) is 0 Å². The van der Waals surface area contributed by atoms with Crippen LogP contribution in [0.2, 0.25) is 0 Å². The molecule has 0 aliphatic carbocycles. The van der Waals surface area contributed by atoms with Gasteiger partial charge in [0.05, 0.1) is 12.6 Å². The number of benzene rings is 2. The molecular weight excluding hydrogens is 326 g/mol. The highest BCUT2D eigenvalue weighted by atomic mass is 79.9.